The first kappa shape index (κ1) is 12.6. The predicted octanol–water partition coefficient (Wildman–Crippen LogP) is 4.73. The zero-order valence-corrected chi connectivity index (χ0v) is 11.7. The summed E-state index contributed by atoms with van der Waals surface area (Å²) in [4.78, 5) is 7.58. The van der Waals surface area contributed by atoms with Crippen molar-refractivity contribution in [3.63, 3.8) is 0 Å². The second kappa shape index (κ2) is 4.77. The minimum Gasteiger partial charge on any atom is -0.347 e. The summed E-state index contributed by atoms with van der Waals surface area (Å²) in [5.41, 5.74) is 3.40. The summed E-state index contributed by atoms with van der Waals surface area (Å²) in [6, 6.07) is 5.28. The number of benzene rings is 1. The first-order chi connectivity index (χ1) is 7.97. The van der Waals surface area contributed by atoms with E-state index in [0.717, 1.165) is 17.0 Å². The third-order valence-electron chi connectivity index (χ3n) is 2.47. The quantitative estimate of drug-likeness (QED) is 0.767. The Hall–Kier alpha value is -0.900. The zero-order valence-electron chi connectivity index (χ0n) is 9.34. The van der Waals surface area contributed by atoms with Crippen LogP contribution in [0, 0.1) is 18.5 Å². The Morgan fingerprint density at radius 3 is 2.29 bits per heavy atom. The van der Waals surface area contributed by atoms with Crippen molar-refractivity contribution in [1.29, 1.82) is 0 Å². The monoisotopic (exact) mass is 284 g/mol. The van der Waals surface area contributed by atoms with E-state index in [0.29, 0.717) is 20.4 Å². The molecular formula is C12H10Cl2N2S. The normalized spacial score (nSPS) is 10.6. The van der Waals surface area contributed by atoms with Crippen LogP contribution in [0.15, 0.2) is 18.2 Å². The fourth-order valence-corrected chi connectivity index (χ4v) is 2.35. The fraction of sp³-hybridized carbons (Fsp3) is 0.167. The van der Waals surface area contributed by atoms with Gasteiger partial charge in [0.1, 0.15) is 10.3 Å². The molecule has 0 unspecified atom stereocenters. The van der Waals surface area contributed by atoms with Crippen LogP contribution in [0.3, 0.4) is 0 Å². The van der Waals surface area contributed by atoms with E-state index in [4.69, 9.17) is 35.4 Å². The third-order valence-corrected chi connectivity index (χ3v) is 3.21. The van der Waals surface area contributed by atoms with Crippen molar-refractivity contribution in [2.45, 2.75) is 13.8 Å². The minimum absolute atomic E-state index is 0.571. The Balaban J connectivity index is 2.68. The number of nitrogens with zero attached hydrogens (tertiary/aromatic N) is 1. The molecule has 1 aromatic heterocycles. The van der Waals surface area contributed by atoms with E-state index in [2.05, 4.69) is 9.97 Å². The van der Waals surface area contributed by atoms with E-state index >= 15 is 0 Å². The molecule has 2 aromatic rings. The molecule has 2 rings (SSSR count). The molecule has 0 aliphatic heterocycles. The number of hydrogen-bond acceptors (Lipinski definition) is 2. The van der Waals surface area contributed by atoms with Crippen LogP contribution in [0.4, 0.5) is 0 Å². The van der Waals surface area contributed by atoms with Crippen molar-refractivity contribution in [2.24, 2.45) is 0 Å². The summed E-state index contributed by atoms with van der Waals surface area (Å²) in [5.74, 6) is 0. The van der Waals surface area contributed by atoms with E-state index in [-0.39, 0.29) is 0 Å². The highest BCUT2D eigenvalue weighted by Gasteiger charge is 2.07. The molecule has 0 aliphatic rings. The maximum atomic E-state index is 5.97. The summed E-state index contributed by atoms with van der Waals surface area (Å²) in [7, 11) is 0. The number of aromatic amines is 1. The van der Waals surface area contributed by atoms with Crippen molar-refractivity contribution in [3.05, 3.63) is 44.3 Å². The molecule has 2 nitrogen and oxygen atoms in total. The number of rotatable bonds is 1. The number of aromatic nitrogens is 2. The van der Waals surface area contributed by atoms with Gasteiger partial charge in [0.05, 0.1) is 5.69 Å². The van der Waals surface area contributed by atoms with Gasteiger partial charge in [0.25, 0.3) is 0 Å². The molecular weight excluding hydrogens is 275 g/mol. The Morgan fingerprint density at radius 2 is 1.71 bits per heavy atom. The molecule has 5 heteroatoms. The Morgan fingerprint density at radius 1 is 1.12 bits per heavy atom. The molecule has 0 saturated carbocycles. The highest BCUT2D eigenvalue weighted by molar-refractivity contribution is 7.71. The Kier molecular flexibility index (Phi) is 3.52. The van der Waals surface area contributed by atoms with Gasteiger partial charge in [-0.1, -0.05) is 35.4 Å². The van der Waals surface area contributed by atoms with Gasteiger partial charge < -0.3 is 4.98 Å². The van der Waals surface area contributed by atoms with Gasteiger partial charge >= 0.3 is 0 Å². The maximum Gasteiger partial charge on any atom is 0.130 e. The van der Waals surface area contributed by atoms with Crippen LogP contribution in [-0.4, -0.2) is 9.97 Å². The molecule has 1 aromatic carbocycles. The number of aryl methyl sites for hydroxylation is 2. The summed E-state index contributed by atoms with van der Waals surface area (Å²) in [6.07, 6.45) is 0. The smallest absolute Gasteiger partial charge is 0.130 e. The lowest BCUT2D eigenvalue weighted by molar-refractivity contribution is 1.04. The van der Waals surface area contributed by atoms with Crippen molar-refractivity contribution < 1.29 is 0 Å². The zero-order chi connectivity index (χ0) is 12.6. The molecule has 1 N–H and O–H groups in total. The standard InChI is InChI=1S/C12H10Cl2N2S/c1-6-7(2)16-12(17)11(15-6)8-3-9(13)5-10(14)4-8/h3-5H,1-2H3,(H,16,17). The number of hydrogen-bond donors (Lipinski definition) is 1. The summed E-state index contributed by atoms with van der Waals surface area (Å²) >= 11 is 17.2. The molecule has 0 spiro atoms. The SMILES string of the molecule is Cc1nc(-c2cc(Cl)cc(Cl)c2)c(=S)[nH]c1C. The summed E-state index contributed by atoms with van der Waals surface area (Å²) in [6.45, 7) is 3.86. The van der Waals surface area contributed by atoms with Gasteiger partial charge in [-0.3, -0.25) is 0 Å². The summed E-state index contributed by atoms with van der Waals surface area (Å²) < 4.78 is 0.589. The van der Waals surface area contributed by atoms with Gasteiger partial charge in [-0.05, 0) is 32.0 Å². The van der Waals surface area contributed by atoms with Gasteiger partial charge in [-0.15, -0.1) is 0 Å². The highest BCUT2D eigenvalue weighted by Crippen LogP contribution is 2.26. The van der Waals surface area contributed by atoms with Crippen molar-refractivity contribution in [2.75, 3.05) is 0 Å². The lowest BCUT2D eigenvalue weighted by Crippen LogP contribution is -1.96. The van der Waals surface area contributed by atoms with Crippen LogP contribution in [0.1, 0.15) is 11.4 Å². The second-order valence-electron chi connectivity index (χ2n) is 3.78. The molecule has 0 aliphatic carbocycles. The maximum absolute atomic E-state index is 5.97. The summed E-state index contributed by atoms with van der Waals surface area (Å²) in [5, 5.41) is 1.14. The van der Waals surface area contributed by atoms with Gasteiger partial charge in [-0.2, -0.15) is 0 Å². The molecule has 1 heterocycles. The van der Waals surface area contributed by atoms with Crippen LogP contribution in [0.5, 0.6) is 0 Å². The average molecular weight is 285 g/mol. The largest absolute Gasteiger partial charge is 0.347 e. The van der Waals surface area contributed by atoms with Crippen LogP contribution in [0.25, 0.3) is 11.3 Å². The lowest BCUT2D eigenvalue weighted by atomic mass is 10.1. The molecule has 0 bridgehead atoms. The fourth-order valence-electron chi connectivity index (χ4n) is 1.51. The van der Waals surface area contributed by atoms with Crippen LogP contribution in [0.2, 0.25) is 10.0 Å². The van der Waals surface area contributed by atoms with Crippen LogP contribution in [-0.2, 0) is 0 Å². The number of halogens is 2. The van der Waals surface area contributed by atoms with E-state index in [1.807, 2.05) is 13.8 Å². The van der Waals surface area contributed by atoms with E-state index < -0.39 is 0 Å². The lowest BCUT2D eigenvalue weighted by Gasteiger charge is -2.06. The first-order valence-corrected chi connectivity index (χ1v) is 6.18. The highest BCUT2D eigenvalue weighted by atomic mass is 35.5. The predicted molar refractivity (Wildman–Crippen MR) is 74.4 cm³/mol. The van der Waals surface area contributed by atoms with Gasteiger partial charge in [0.2, 0.25) is 0 Å². The average Bonchev–Trinajstić information content (AvgIpc) is 2.22. The Bertz CT molecular complexity index is 615. The number of nitrogens with one attached hydrogen (secondary N) is 1. The van der Waals surface area contributed by atoms with Crippen molar-refractivity contribution >= 4 is 35.4 Å². The molecule has 88 valence electrons. The van der Waals surface area contributed by atoms with Crippen LogP contribution >= 0.6 is 35.4 Å². The molecule has 0 radical (unpaired) electrons. The van der Waals surface area contributed by atoms with Gasteiger partial charge in [0, 0.05) is 21.3 Å². The molecule has 0 amide bonds. The van der Waals surface area contributed by atoms with Gasteiger partial charge in [-0.25, -0.2) is 4.98 Å². The van der Waals surface area contributed by atoms with Crippen molar-refractivity contribution in [1.82, 2.24) is 9.97 Å². The molecule has 0 atom stereocenters. The van der Waals surface area contributed by atoms with E-state index in [1.54, 1.807) is 18.2 Å². The molecule has 0 saturated heterocycles. The number of H-pyrrole nitrogens is 1. The Labute approximate surface area is 115 Å². The van der Waals surface area contributed by atoms with Crippen molar-refractivity contribution in [3.8, 4) is 11.3 Å². The second-order valence-corrected chi connectivity index (χ2v) is 5.06. The molecule has 0 fully saturated rings. The topological polar surface area (TPSA) is 28.7 Å². The minimum atomic E-state index is 0.571. The third kappa shape index (κ3) is 2.68. The molecule has 17 heavy (non-hydrogen) atoms. The van der Waals surface area contributed by atoms with Gasteiger partial charge in [0.15, 0.2) is 0 Å². The van der Waals surface area contributed by atoms with E-state index in [9.17, 15) is 0 Å². The van der Waals surface area contributed by atoms with E-state index in [1.165, 1.54) is 0 Å². The van der Waals surface area contributed by atoms with Crippen LogP contribution < -0.4 is 0 Å². The first-order valence-electron chi connectivity index (χ1n) is 5.01.